The number of nitrogens with zero attached hydrogens (tertiary/aromatic N) is 2. The molecule has 0 radical (unpaired) electrons. The summed E-state index contributed by atoms with van der Waals surface area (Å²) in [6.45, 7) is -0.0949. The molecule has 0 unspecified atom stereocenters. The van der Waals surface area contributed by atoms with Crippen LogP contribution >= 0.6 is 55.2 Å². The first-order valence-electron chi connectivity index (χ1n) is 10.2. The number of amides is 2. The molecule has 4 rings (SSSR count). The maximum absolute atomic E-state index is 14.1. The van der Waals surface area contributed by atoms with E-state index in [-0.39, 0.29) is 34.3 Å². The normalized spacial score (nSPS) is 14.6. The van der Waals surface area contributed by atoms with E-state index in [0.717, 1.165) is 22.2 Å². The van der Waals surface area contributed by atoms with Crippen LogP contribution in [0.4, 0.5) is 14.9 Å². The molecule has 1 heterocycles. The van der Waals surface area contributed by atoms with Crippen molar-refractivity contribution in [2.24, 2.45) is 0 Å². The monoisotopic (exact) mass is 654 g/mol. The van der Waals surface area contributed by atoms with Gasteiger partial charge in [0.05, 0.1) is 25.3 Å². The van der Waals surface area contributed by atoms with Crippen LogP contribution in [0.25, 0.3) is 6.08 Å². The third-order valence-electron chi connectivity index (χ3n) is 5.10. The summed E-state index contributed by atoms with van der Waals surface area (Å²) in [7, 11) is 0. The van der Waals surface area contributed by atoms with Crippen LogP contribution in [-0.2, 0) is 17.9 Å². The van der Waals surface area contributed by atoms with Crippen molar-refractivity contribution >= 4 is 78.1 Å². The summed E-state index contributed by atoms with van der Waals surface area (Å²) in [6.07, 6.45) is 1.56. The zero-order valence-electron chi connectivity index (χ0n) is 18.0. The number of hydrogen-bond donors (Lipinski definition) is 0. The SMILES string of the molecule is O=C1S/C(=C\c2cc(Br)c(OCc3ccc([N+](=O)[O-])cc3)c(Br)c2)C(=O)N1Cc1c(F)cccc1Cl. The van der Waals surface area contributed by atoms with Crippen molar-refractivity contribution < 1.29 is 23.6 Å². The molecule has 12 heteroatoms. The van der Waals surface area contributed by atoms with Crippen LogP contribution in [0.3, 0.4) is 0 Å². The smallest absolute Gasteiger partial charge is 0.293 e. The molecule has 0 aromatic heterocycles. The summed E-state index contributed by atoms with van der Waals surface area (Å²) < 4.78 is 21.2. The zero-order valence-corrected chi connectivity index (χ0v) is 22.8. The lowest BCUT2D eigenvalue weighted by molar-refractivity contribution is -0.384. The standard InChI is InChI=1S/C24H14Br2ClFN2O5S/c25-17-8-14(9-18(26)22(17)35-12-13-4-6-15(7-5-13)30(33)34)10-21-23(31)29(24(32)36-21)11-16-19(27)2-1-3-20(16)28/h1-10H,11-12H2/b21-10-. The largest absolute Gasteiger partial charge is 0.487 e. The van der Waals surface area contributed by atoms with Gasteiger partial charge in [-0.2, -0.15) is 0 Å². The van der Waals surface area contributed by atoms with Crippen molar-refractivity contribution in [1.82, 2.24) is 4.90 Å². The highest BCUT2D eigenvalue weighted by molar-refractivity contribution is 9.11. The van der Waals surface area contributed by atoms with Crippen molar-refractivity contribution in [3.8, 4) is 5.75 Å². The summed E-state index contributed by atoms with van der Waals surface area (Å²) in [5, 5.41) is 10.4. The van der Waals surface area contributed by atoms with Crippen molar-refractivity contribution in [2.45, 2.75) is 13.2 Å². The van der Waals surface area contributed by atoms with Gasteiger partial charge in [-0.1, -0.05) is 17.7 Å². The summed E-state index contributed by atoms with van der Waals surface area (Å²) in [5.74, 6) is -0.648. The van der Waals surface area contributed by atoms with Crippen LogP contribution in [0.15, 0.2) is 68.4 Å². The van der Waals surface area contributed by atoms with E-state index in [2.05, 4.69) is 31.9 Å². The molecule has 7 nitrogen and oxygen atoms in total. The maximum Gasteiger partial charge on any atom is 0.293 e. The number of halogens is 4. The van der Waals surface area contributed by atoms with Gasteiger partial charge in [0, 0.05) is 22.7 Å². The molecule has 1 aliphatic heterocycles. The average Bonchev–Trinajstić information content (AvgIpc) is 3.08. The fraction of sp³-hybridized carbons (Fsp3) is 0.0833. The number of non-ortho nitro benzene ring substituents is 1. The molecule has 1 saturated heterocycles. The lowest BCUT2D eigenvalue weighted by atomic mass is 10.2. The number of rotatable bonds is 7. The van der Waals surface area contributed by atoms with E-state index in [4.69, 9.17) is 16.3 Å². The van der Waals surface area contributed by atoms with Gasteiger partial charge < -0.3 is 4.74 Å². The summed E-state index contributed by atoms with van der Waals surface area (Å²) in [4.78, 5) is 36.8. The molecule has 1 fully saturated rings. The number of hydrogen-bond acceptors (Lipinski definition) is 6. The van der Waals surface area contributed by atoms with Crippen LogP contribution in [0.2, 0.25) is 5.02 Å². The van der Waals surface area contributed by atoms with Gasteiger partial charge in [0.1, 0.15) is 18.2 Å². The number of nitro benzene ring substituents is 1. The minimum atomic E-state index is -0.595. The molecule has 184 valence electrons. The fourth-order valence-corrected chi connectivity index (χ4v) is 5.81. The molecule has 3 aromatic carbocycles. The number of carbonyl (C=O) groups is 2. The van der Waals surface area contributed by atoms with Crippen LogP contribution in [-0.4, -0.2) is 21.0 Å². The molecule has 0 N–H and O–H groups in total. The van der Waals surface area contributed by atoms with Crippen molar-refractivity contribution in [3.05, 3.63) is 106 Å². The van der Waals surface area contributed by atoms with Crippen LogP contribution < -0.4 is 4.74 Å². The minimum Gasteiger partial charge on any atom is -0.487 e. The first kappa shape index (κ1) is 26.3. The summed E-state index contributed by atoms with van der Waals surface area (Å²) >= 11 is 13.7. The number of thioether (sulfide) groups is 1. The summed E-state index contributed by atoms with van der Waals surface area (Å²) in [6, 6.07) is 13.6. The fourth-order valence-electron chi connectivity index (χ4n) is 3.30. The Hall–Kier alpha value is -2.73. The van der Waals surface area contributed by atoms with E-state index in [0.29, 0.717) is 20.3 Å². The highest BCUT2D eigenvalue weighted by Crippen LogP contribution is 2.39. The molecule has 2 amide bonds. The van der Waals surface area contributed by atoms with E-state index in [1.54, 1.807) is 30.3 Å². The maximum atomic E-state index is 14.1. The van der Waals surface area contributed by atoms with Gasteiger partial charge in [0.2, 0.25) is 0 Å². The van der Waals surface area contributed by atoms with E-state index < -0.39 is 21.9 Å². The number of imide groups is 1. The molecular formula is C24H14Br2ClFN2O5S. The van der Waals surface area contributed by atoms with Gasteiger partial charge in [-0.3, -0.25) is 24.6 Å². The van der Waals surface area contributed by atoms with E-state index in [9.17, 15) is 24.1 Å². The Bertz CT molecular complexity index is 1370. The van der Waals surface area contributed by atoms with Gasteiger partial charge in [-0.25, -0.2) is 4.39 Å². The second-order valence-electron chi connectivity index (χ2n) is 7.49. The van der Waals surface area contributed by atoms with Crippen LogP contribution in [0, 0.1) is 15.9 Å². The molecular weight excluding hydrogens is 643 g/mol. The molecule has 0 bridgehead atoms. The van der Waals surface area contributed by atoms with Crippen molar-refractivity contribution in [3.63, 3.8) is 0 Å². The number of nitro groups is 1. The zero-order chi connectivity index (χ0) is 26.0. The molecule has 1 aliphatic rings. The molecule has 0 atom stereocenters. The highest BCUT2D eigenvalue weighted by atomic mass is 79.9. The molecule has 0 saturated carbocycles. The van der Waals surface area contributed by atoms with Gasteiger partial charge >= 0.3 is 0 Å². The van der Waals surface area contributed by atoms with Gasteiger partial charge in [0.15, 0.2) is 0 Å². The first-order chi connectivity index (χ1) is 17.1. The molecule has 36 heavy (non-hydrogen) atoms. The second-order valence-corrected chi connectivity index (χ2v) is 10.6. The van der Waals surface area contributed by atoms with E-state index >= 15 is 0 Å². The Morgan fingerprint density at radius 2 is 1.78 bits per heavy atom. The summed E-state index contributed by atoms with van der Waals surface area (Å²) in [5.41, 5.74) is 1.42. The molecule has 3 aromatic rings. The second kappa shape index (κ2) is 11.1. The third kappa shape index (κ3) is 5.80. The van der Waals surface area contributed by atoms with Crippen molar-refractivity contribution in [2.75, 3.05) is 0 Å². The molecule has 0 spiro atoms. The van der Waals surface area contributed by atoms with Gasteiger partial charge in [0.25, 0.3) is 16.8 Å². The average molecular weight is 657 g/mol. The number of ether oxygens (including phenoxy) is 1. The quantitative estimate of drug-likeness (QED) is 0.147. The van der Waals surface area contributed by atoms with E-state index in [1.165, 1.54) is 30.3 Å². The predicted octanol–water partition coefficient (Wildman–Crippen LogP) is 7.73. The van der Waals surface area contributed by atoms with Gasteiger partial charge in [-0.05, 0) is 97.2 Å². The number of benzene rings is 3. The Kier molecular flexibility index (Phi) is 8.13. The van der Waals surface area contributed by atoms with Gasteiger partial charge in [-0.15, -0.1) is 0 Å². The Balaban J connectivity index is 1.49. The predicted molar refractivity (Wildman–Crippen MR) is 142 cm³/mol. The van der Waals surface area contributed by atoms with Crippen LogP contribution in [0.5, 0.6) is 5.75 Å². The van der Waals surface area contributed by atoms with Crippen molar-refractivity contribution in [1.29, 1.82) is 0 Å². The Morgan fingerprint density at radius 3 is 2.39 bits per heavy atom. The molecule has 0 aliphatic carbocycles. The Labute approximate surface area is 230 Å². The van der Waals surface area contributed by atoms with E-state index in [1.807, 2.05) is 0 Å². The first-order valence-corrected chi connectivity index (χ1v) is 13.0. The lowest BCUT2D eigenvalue weighted by Crippen LogP contribution is -2.28. The number of carbonyl (C=O) groups excluding carboxylic acids is 2. The highest BCUT2D eigenvalue weighted by Gasteiger charge is 2.36. The lowest BCUT2D eigenvalue weighted by Gasteiger charge is -2.14. The van der Waals surface area contributed by atoms with Crippen LogP contribution in [0.1, 0.15) is 16.7 Å². The third-order valence-corrected chi connectivity index (χ3v) is 7.54. The Morgan fingerprint density at radius 1 is 1.11 bits per heavy atom. The topological polar surface area (TPSA) is 89.7 Å². The minimum absolute atomic E-state index is 0.00752.